The maximum atomic E-state index is 12.4. The molecule has 0 amide bonds. The van der Waals surface area contributed by atoms with Crippen LogP contribution in [0.5, 0.6) is 0 Å². The van der Waals surface area contributed by atoms with Gasteiger partial charge in [-0.15, -0.1) is 12.3 Å². The molecule has 1 aliphatic carbocycles. The van der Waals surface area contributed by atoms with Crippen LogP contribution in [0.15, 0.2) is 0 Å². The highest BCUT2D eigenvalue weighted by atomic mass is 16.5. The molecule has 3 aliphatic rings. The highest BCUT2D eigenvalue weighted by molar-refractivity contribution is 5.74. The molecule has 0 spiro atoms. The van der Waals surface area contributed by atoms with Gasteiger partial charge in [-0.25, -0.2) is 0 Å². The summed E-state index contributed by atoms with van der Waals surface area (Å²) < 4.78 is 5.15. The van der Waals surface area contributed by atoms with Crippen molar-refractivity contribution < 1.29 is 9.53 Å². The van der Waals surface area contributed by atoms with E-state index in [1.54, 1.807) is 0 Å². The van der Waals surface area contributed by atoms with Crippen molar-refractivity contribution in [3.8, 4) is 12.3 Å². The fourth-order valence-electron chi connectivity index (χ4n) is 5.17. The molecule has 3 heteroatoms. The van der Waals surface area contributed by atoms with Crippen molar-refractivity contribution in [1.29, 1.82) is 0 Å². The third-order valence-corrected chi connectivity index (χ3v) is 6.40. The molecule has 0 radical (unpaired) electrons. The van der Waals surface area contributed by atoms with Gasteiger partial charge in [-0.1, -0.05) is 0 Å². The van der Waals surface area contributed by atoms with Crippen molar-refractivity contribution in [2.45, 2.75) is 57.0 Å². The summed E-state index contributed by atoms with van der Waals surface area (Å²) in [6, 6.07) is 1.07. The van der Waals surface area contributed by atoms with Crippen LogP contribution in [0.4, 0.5) is 0 Å². The predicted molar refractivity (Wildman–Crippen MR) is 82.5 cm³/mol. The zero-order valence-corrected chi connectivity index (χ0v) is 13.3. The van der Waals surface area contributed by atoms with Gasteiger partial charge in [-0.3, -0.25) is 9.69 Å². The molecule has 21 heavy (non-hydrogen) atoms. The lowest BCUT2D eigenvalue weighted by atomic mass is 9.67. The summed E-state index contributed by atoms with van der Waals surface area (Å²) >= 11 is 0. The molecule has 0 N–H and O–H groups in total. The molecule has 116 valence electrons. The third-order valence-electron chi connectivity index (χ3n) is 6.40. The van der Waals surface area contributed by atoms with Crippen molar-refractivity contribution in [2.24, 2.45) is 23.7 Å². The SMILES string of the molecule is C#CC1CCC([C@H]2C[C@H]3CCC(C2C(=O)OC)N3C)CC1. The predicted octanol–water partition coefficient (Wildman–Crippen LogP) is 2.70. The lowest BCUT2D eigenvalue weighted by Crippen LogP contribution is -2.52. The highest BCUT2D eigenvalue weighted by Crippen LogP contribution is 2.48. The van der Waals surface area contributed by atoms with Crippen molar-refractivity contribution in [1.82, 2.24) is 4.90 Å². The monoisotopic (exact) mass is 289 g/mol. The molecule has 1 saturated carbocycles. The standard InChI is InChI=1S/C18H27NO2/c1-4-12-5-7-13(8-6-12)15-11-14-9-10-16(19(14)2)17(15)18(20)21-3/h1,12-17H,5-11H2,2-3H3/t12?,13?,14-,15-,16?,17?/m1/s1. The molecule has 2 saturated heterocycles. The molecule has 3 fully saturated rings. The normalized spacial score (nSPS) is 43.3. The minimum atomic E-state index is 0.0104. The van der Waals surface area contributed by atoms with E-state index in [9.17, 15) is 4.79 Å². The van der Waals surface area contributed by atoms with Gasteiger partial charge in [-0.05, 0) is 63.8 Å². The average Bonchev–Trinajstić information content (AvgIpc) is 2.76. The number of terminal acetylenes is 1. The number of fused-ring (bicyclic) bond motifs is 2. The van der Waals surface area contributed by atoms with E-state index in [1.165, 1.54) is 26.4 Å². The summed E-state index contributed by atoms with van der Waals surface area (Å²) in [6.07, 6.45) is 13.8. The van der Waals surface area contributed by atoms with Crippen molar-refractivity contribution in [3.63, 3.8) is 0 Å². The Hall–Kier alpha value is -1.01. The first-order valence-electron chi connectivity index (χ1n) is 8.41. The van der Waals surface area contributed by atoms with Crippen LogP contribution >= 0.6 is 0 Å². The minimum Gasteiger partial charge on any atom is -0.469 e. The summed E-state index contributed by atoms with van der Waals surface area (Å²) in [5.74, 6) is 4.62. The first-order valence-corrected chi connectivity index (χ1v) is 8.41. The van der Waals surface area contributed by atoms with Crippen LogP contribution in [0.2, 0.25) is 0 Å². The second-order valence-electron chi connectivity index (χ2n) is 7.19. The van der Waals surface area contributed by atoms with Crippen molar-refractivity contribution >= 4 is 5.97 Å². The summed E-state index contributed by atoms with van der Waals surface area (Å²) in [5, 5.41) is 0. The van der Waals surface area contributed by atoms with Gasteiger partial charge in [0, 0.05) is 18.0 Å². The molecule has 3 rings (SSSR count). The lowest BCUT2D eigenvalue weighted by molar-refractivity contribution is -0.154. The van der Waals surface area contributed by atoms with Crippen LogP contribution in [0.1, 0.15) is 44.9 Å². The van der Waals surface area contributed by atoms with Gasteiger partial charge in [0.1, 0.15) is 0 Å². The van der Waals surface area contributed by atoms with E-state index in [4.69, 9.17) is 11.2 Å². The minimum absolute atomic E-state index is 0.0104. The van der Waals surface area contributed by atoms with Gasteiger partial charge in [0.2, 0.25) is 0 Å². The molecular weight excluding hydrogens is 262 g/mol. The molecule has 0 aromatic rings. The van der Waals surface area contributed by atoms with Crippen LogP contribution in [0.25, 0.3) is 0 Å². The largest absolute Gasteiger partial charge is 0.469 e. The molecule has 2 bridgehead atoms. The molecule has 3 nitrogen and oxygen atoms in total. The molecule has 0 aromatic carbocycles. The van der Waals surface area contributed by atoms with E-state index in [1.807, 2.05) is 0 Å². The van der Waals surface area contributed by atoms with Gasteiger partial charge in [0.25, 0.3) is 0 Å². The highest BCUT2D eigenvalue weighted by Gasteiger charge is 2.51. The Kier molecular flexibility index (Phi) is 4.26. The van der Waals surface area contributed by atoms with Gasteiger partial charge in [0.15, 0.2) is 0 Å². The summed E-state index contributed by atoms with van der Waals surface area (Å²) in [6.45, 7) is 0. The Labute approximate surface area is 128 Å². The summed E-state index contributed by atoms with van der Waals surface area (Å²) in [7, 11) is 3.72. The Balaban J connectivity index is 1.77. The number of piperidine rings is 1. The summed E-state index contributed by atoms with van der Waals surface area (Å²) in [4.78, 5) is 14.8. The average molecular weight is 289 g/mol. The first-order chi connectivity index (χ1) is 10.2. The van der Waals surface area contributed by atoms with Crippen LogP contribution in [-0.2, 0) is 9.53 Å². The van der Waals surface area contributed by atoms with Gasteiger partial charge >= 0.3 is 5.97 Å². The number of methoxy groups -OCH3 is 1. The van der Waals surface area contributed by atoms with Crippen LogP contribution < -0.4 is 0 Å². The number of hydrogen-bond acceptors (Lipinski definition) is 3. The van der Waals surface area contributed by atoms with E-state index >= 15 is 0 Å². The van der Waals surface area contributed by atoms with Gasteiger partial charge < -0.3 is 4.74 Å². The number of ether oxygens (including phenoxy) is 1. The van der Waals surface area contributed by atoms with Crippen molar-refractivity contribution in [3.05, 3.63) is 0 Å². The Bertz CT molecular complexity index is 433. The number of carbonyl (C=O) groups excluding carboxylic acids is 1. The second-order valence-corrected chi connectivity index (χ2v) is 7.19. The van der Waals surface area contributed by atoms with Crippen molar-refractivity contribution in [2.75, 3.05) is 14.2 Å². The van der Waals surface area contributed by atoms with Gasteiger partial charge in [-0.2, -0.15) is 0 Å². The van der Waals surface area contributed by atoms with E-state index in [2.05, 4.69) is 17.9 Å². The Morgan fingerprint density at radius 1 is 1.19 bits per heavy atom. The second kappa shape index (κ2) is 6.01. The number of rotatable bonds is 2. The fraction of sp³-hybridized carbons (Fsp3) is 0.833. The zero-order valence-electron chi connectivity index (χ0n) is 13.3. The molecule has 0 aromatic heterocycles. The van der Waals surface area contributed by atoms with E-state index < -0.39 is 0 Å². The van der Waals surface area contributed by atoms with E-state index in [-0.39, 0.29) is 11.9 Å². The number of hydrogen-bond donors (Lipinski definition) is 0. The molecule has 4 atom stereocenters. The van der Waals surface area contributed by atoms with E-state index in [0.717, 1.165) is 25.7 Å². The first kappa shape index (κ1) is 14.9. The summed E-state index contributed by atoms with van der Waals surface area (Å²) in [5.41, 5.74) is 0. The van der Waals surface area contributed by atoms with E-state index in [0.29, 0.717) is 29.8 Å². The molecular formula is C18H27NO2. The molecule has 2 aliphatic heterocycles. The number of esters is 1. The maximum Gasteiger partial charge on any atom is 0.310 e. The topological polar surface area (TPSA) is 29.5 Å². The number of nitrogens with zero attached hydrogens (tertiary/aromatic N) is 1. The molecule has 2 heterocycles. The molecule has 2 unspecified atom stereocenters. The lowest BCUT2D eigenvalue weighted by Gasteiger charge is -2.45. The third kappa shape index (κ3) is 2.59. The van der Waals surface area contributed by atoms with Crippen LogP contribution in [0.3, 0.4) is 0 Å². The van der Waals surface area contributed by atoms with Crippen LogP contribution in [0, 0.1) is 36.0 Å². The quantitative estimate of drug-likeness (QED) is 0.578. The zero-order chi connectivity index (χ0) is 15.0. The smallest absolute Gasteiger partial charge is 0.310 e. The van der Waals surface area contributed by atoms with Crippen LogP contribution in [-0.4, -0.2) is 37.1 Å². The Morgan fingerprint density at radius 3 is 2.52 bits per heavy atom. The Morgan fingerprint density at radius 2 is 1.90 bits per heavy atom. The van der Waals surface area contributed by atoms with Gasteiger partial charge in [0.05, 0.1) is 13.0 Å². The number of carbonyl (C=O) groups is 1. The maximum absolute atomic E-state index is 12.4. The fourth-order valence-corrected chi connectivity index (χ4v) is 5.17.